The van der Waals surface area contributed by atoms with Crippen molar-refractivity contribution in [1.82, 2.24) is 9.80 Å². The first-order valence-corrected chi connectivity index (χ1v) is 7.36. The molecule has 0 spiro atoms. The number of rotatable bonds is 5. The standard InChI is InChI=1S/C15H22FN3O2/c1-3-18-8-6-13(7-9-18)17(2)11-12-4-5-15(19(20)21)14(16)10-12/h4-5,10,13H,3,6-9,11H2,1-2H3. The predicted octanol–water partition coefficient (Wildman–Crippen LogP) is 2.65. The lowest BCUT2D eigenvalue weighted by molar-refractivity contribution is -0.387. The summed E-state index contributed by atoms with van der Waals surface area (Å²) in [4.78, 5) is 14.6. The van der Waals surface area contributed by atoms with E-state index in [9.17, 15) is 14.5 Å². The highest BCUT2D eigenvalue weighted by Crippen LogP contribution is 2.21. The summed E-state index contributed by atoms with van der Waals surface area (Å²) in [5.41, 5.74) is 0.316. The highest BCUT2D eigenvalue weighted by molar-refractivity contribution is 5.34. The summed E-state index contributed by atoms with van der Waals surface area (Å²) in [6, 6.07) is 4.65. The summed E-state index contributed by atoms with van der Waals surface area (Å²) in [5.74, 6) is -0.758. The maximum absolute atomic E-state index is 13.6. The van der Waals surface area contributed by atoms with Gasteiger partial charge >= 0.3 is 5.69 Å². The van der Waals surface area contributed by atoms with Crippen LogP contribution in [0.2, 0.25) is 0 Å². The van der Waals surface area contributed by atoms with Crippen LogP contribution in [0, 0.1) is 15.9 Å². The van der Waals surface area contributed by atoms with Crippen molar-refractivity contribution in [1.29, 1.82) is 0 Å². The lowest BCUT2D eigenvalue weighted by atomic mass is 10.0. The van der Waals surface area contributed by atoms with Gasteiger partial charge in [0.25, 0.3) is 0 Å². The van der Waals surface area contributed by atoms with Crippen molar-refractivity contribution in [3.63, 3.8) is 0 Å². The van der Waals surface area contributed by atoms with Crippen LogP contribution in [0.1, 0.15) is 25.3 Å². The second kappa shape index (κ2) is 6.95. The molecule has 0 aliphatic carbocycles. The van der Waals surface area contributed by atoms with E-state index in [0.717, 1.165) is 38.0 Å². The molecular weight excluding hydrogens is 273 g/mol. The van der Waals surface area contributed by atoms with Crippen molar-refractivity contribution in [3.05, 3.63) is 39.7 Å². The number of nitrogens with zero attached hydrogens (tertiary/aromatic N) is 3. The van der Waals surface area contributed by atoms with Crippen molar-refractivity contribution in [2.45, 2.75) is 32.4 Å². The molecule has 21 heavy (non-hydrogen) atoms. The highest BCUT2D eigenvalue weighted by atomic mass is 19.1. The van der Waals surface area contributed by atoms with Gasteiger partial charge in [-0.15, -0.1) is 0 Å². The number of benzene rings is 1. The first-order chi connectivity index (χ1) is 10.0. The van der Waals surface area contributed by atoms with Crippen LogP contribution in [-0.4, -0.2) is 47.4 Å². The Kier molecular flexibility index (Phi) is 5.25. The van der Waals surface area contributed by atoms with Gasteiger partial charge in [0.1, 0.15) is 0 Å². The smallest absolute Gasteiger partial charge is 0.303 e. The van der Waals surface area contributed by atoms with E-state index in [1.54, 1.807) is 6.07 Å². The largest absolute Gasteiger partial charge is 0.304 e. The zero-order valence-corrected chi connectivity index (χ0v) is 12.6. The summed E-state index contributed by atoms with van der Waals surface area (Å²) in [6.45, 7) is 6.07. The third kappa shape index (κ3) is 3.98. The van der Waals surface area contributed by atoms with Gasteiger partial charge in [-0.05, 0) is 51.2 Å². The van der Waals surface area contributed by atoms with E-state index in [2.05, 4.69) is 16.7 Å². The average Bonchev–Trinajstić information content (AvgIpc) is 2.47. The number of likely N-dealkylation sites (tertiary alicyclic amines) is 1. The van der Waals surface area contributed by atoms with E-state index in [1.807, 2.05) is 7.05 Å². The first kappa shape index (κ1) is 15.9. The van der Waals surface area contributed by atoms with Gasteiger partial charge < -0.3 is 4.90 Å². The Bertz CT molecular complexity index is 502. The van der Waals surface area contributed by atoms with Gasteiger partial charge in [0.05, 0.1) is 4.92 Å². The van der Waals surface area contributed by atoms with Gasteiger partial charge in [-0.1, -0.05) is 13.0 Å². The van der Waals surface area contributed by atoms with Crippen LogP contribution in [0.15, 0.2) is 18.2 Å². The molecular formula is C15H22FN3O2. The Labute approximate surface area is 124 Å². The molecule has 0 unspecified atom stereocenters. The van der Waals surface area contributed by atoms with Gasteiger partial charge in [0.2, 0.25) is 5.82 Å². The quantitative estimate of drug-likeness (QED) is 0.619. The molecule has 0 atom stereocenters. The zero-order chi connectivity index (χ0) is 15.4. The Morgan fingerprint density at radius 3 is 2.62 bits per heavy atom. The van der Waals surface area contributed by atoms with Crippen molar-refractivity contribution >= 4 is 5.69 Å². The minimum atomic E-state index is -0.758. The molecule has 5 nitrogen and oxygen atoms in total. The lowest BCUT2D eigenvalue weighted by Crippen LogP contribution is -2.42. The normalized spacial score (nSPS) is 17.3. The molecule has 0 aromatic heterocycles. The van der Waals surface area contributed by atoms with E-state index < -0.39 is 16.4 Å². The van der Waals surface area contributed by atoms with E-state index in [0.29, 0.717) is 12.6 Å². The number of hydrogen-bond acceptors (Lipinski definition) is 4. The molecule has 116 valence electrons. The van der Waals surface area contributed by atoms with E-state index in [1.165, 1.54) is 12.1 Å². The van der Waals surface area contributed by atoms with Crippen molar-refractivity contribution in [3.8, 4) is 0 Å². The molecule has 0 N–H and O–H groups in total. The lowest BCUT2D eigenvalue weighted by Gasteiger charge is -2.36. The molecule has 0 radical (unpaired) electrons. The SMILES string of the molecule is CCN1CCC(N(C)Cc2ccc([N+](=O)[O-])c(F)c2)CC1. The molecule has 1 saturated heterocycles. The van der Waals surface area contributed by atoms with Crippen LogP contribution < -0.4 is 0 Å². The molecule has 1 fully saturated rings. The summed E-state index contributed by atoms with van der Waals surface area (Å²) in [7, 11) is 2.03. The number of hydrogen-bond donors (Lipinski definition) is 0. The molecule has 1 heterocycles. The number of nitro groups is 1. The maximum Gasteiger partial charge on any atom is 0.304 e. The van der Waals surface area contributed by atoms with Crippen molar-refractivity contribution in [2.24, 2.45) is 0 Å². The van der Waals surface area contributed by atoms with E-state index in [-0.39, 0.29) is 0 Å². The summed E-state index contributed by atoms with van der Waals surface area (Å²) in [6.07, 6.45) is 2.22. The van der Waals surface area contributed by atoms with Crippen molar-refractivity contribution in [2.75, 3.05) is 26.7 Å². The monoisotopic (exact) mass is 295 g/mol. The minimum Gasteiger partial charge on any atom is -0.303 e. The van der Waals surface area contributed by atoms with Gasteiger partial charge in [0, 0.05) is 18.7 Å². The molecule has 0 amide bonds. The Morgan fingerprint density at radius 2 is 2.10 bits per heavy atom. The fourth-order valence-corrected chi connectivity index (χ4v) is 2.89. The van der Waals surface area contributed by atoms with Crippen LogP contribution in [-0.2, 0) is 6.54 Å². The van der Waals surface area contributed by atoms with Crippen LogP contribution in [0.4, 0.5) is 10.1 Å². The van der Waals surface area contributed by atoms with Crippen LogP contribution in [0.5, 0.6) is 0 Å². The Hall–Kier alpha value is -1.53. The average molecular weight is 295 g/mol. The zero-order valence-electron chi connectivity index (χ0n) is 12.6. The number of piperidine rings is 1. The highest BCUT2D eigenvalue weighted by Gasteiger charge is 2.22. The van der Waals surface area contributed by atoms with Crippen LogP contribution >= 0.6 is 0 Å². The maximum atomic E-state index is 13.6. The fourth-order valence-electron chi connectivity index (χ4n) is 2.89. The van der Waals surface area contributed by atoms with Crippen molar-refractivity contribution < 1.29 is 9.31 Å². The molecule has 0 saturated carbocycles. The molecule has 1 aromatic carbocycles. The molecule has 1 aliphatic rings. The van der Waals surface area contributed by atoms with Gasteiger partial charge in [-0.25, -0.2) is 0 Å². The summed E-state index contributed by atoms with van der Waals surface area (Å²) in [5, 5.41) is 10.6. The second-order valence-corrected chi connectivity index (χ2v) is 5.62. The topological polar surface area (TPSA) is 49.6 Å². The van der Waals surface area contributed by atoms with Crippen LogP contribution in [0.3, 0.4) is 0 Å². The van der Waals surface area contributed by atoms with Gasteiger partial charge in [0.15, 0.2) is 0 Å². The molecule has 0 bridgehead atoms. The van der Waals surface area contributed by atoms with E-state index in [4.69, 9.17) is 0 Å². The van der Waals surface area contributed by atoms with Gasteiger partial charge in [-0.3, -0.25) is 15.0 Å². The third-order valence-corrected chi connectivity index (χ3v) is 4.27. The predicted molar refractivity (Wildman–Crippen MR) is 79.7 cm³/mol. The molecule has 1 aliphatic heterocycles. The molecule has 6 heteroatoms. The fraction of sp³-hybridized carbons (Fsp3) is 0.600. The summed E-state index contributed by atoms with van der Waals surface area (Å²) < 4.78 is 13.6. The van der Waals surface area contributed by atoms with Gasteiger partial charge in [-0.2, -0.15) is 4.39 Å². The molecule has 2 rings (SSSR count). The third-order valence-electron chi connectivity index (χ3n) is 4.27. The summed E-state index contributed by atoms with van der Waals surface area (Å²) >= 11 is 0. The van der Waals surface area contributed by atoms with Crippen LogP contribution in [0.25, 0.3) is 0 Å². The first-order valence-electron chi connectivity index (χ1n) is 7.36. The Balaban J connectivity index is 1.95. The van der Waals surface area contributed by atoms with E-state index >= 15 is 0 Å². The molecule has 1 aromatic rings. The number of halogens is 1. The Morgan fingerprint density at radius 1 is 1.43 bits per heavy atom. The second-order valence-electron chi connectivity index (χ2n) is 5.62. The minimum absolute atomic E-state index is 0.461. The number of nitro benzene ring substituents is 1.